The zero-order valence-electron chi connectivity index (χ0n) is 11.9. The van der Waals surface area contributed by atoms with Crippen LogP contribution in [0.5, 0.6) is 0 Å². The van der Waals surface area contributed by atoms with Crippen molar-refractivity contribution in [3.8, 4) is 0 Å². The summed E-state index contributed by atoms with van der Waals surface area (Å²) in [6.07, 6.45) is 5.90. The third-order valence-electron chi connectivity index (χ3n) is 4.03. The molecule has 20 heavy (non-hydrogen) atoms. The van der Waals surface area contributed by atoms with Gasteiger partial charge in [-0.25, -0.2) is 0 Å². The maximum atomic E-state index is 12.3. The molecule has 0 fully saturated rings. The minimum atomic E-state index is 0.219. The zero-order valence-corrected chi connectivity index (χ0v) is 11.9. The van der Waals surface area contributed by atoms with Crippen molar-refractivity contribution in [3.63, 3.8) is 0 Å². The number of benzene rings is 1. The van der Waals surface area contributed by atoms with E-state index >= 15 is 0 Å². The lowest BCUT2D eigenvalue weighted by Gasteiger charge is -2.18. The van der Waals surface area contributed by atoms with Gasteiger partial charge >= 0.3 is 0 Å². The highest BCUT2D eigenvalue weighted by molar-refractivity contribution is 5.97. The first-order chi connectivity index (χ1) is 9.72. The van der Waals surface area contributed by atoms with Gasteiger partial charge < -0.3 is 4.57 Å². The van der Waals surface area contributed by atoms with Crippen LogP contribution in [0.1, 0.15) is 21.5 Å². The molecule has 0 bridgehead atoms. The molecule has 2 aromatic rings. The molecular weight excluding hydrogens is 248 g/mol. The number of fused-ring (bicyclic) bond motifs is 1. The van der Waals surface area contributed by atoms with Crippen LogP contribution in [0.4, 0.5) is 0 Å². The van der Waals surface area contributed by atoms with Crippen LogP contribution in [-0.4, -0.2) is 34.9 Å². The Balaban J connectivity index is 1.64. The first-order valence-electron chi connectivity index (χ1n) is 7.17. The fraction of sp³-hybridized carbons (Fsp3) is 0.353. The third kappa shape index (κ3) is 2.83. The number of ketones is 1. The molecule has 0 N–H and O–H groups in total. The maximum absolute atomic E-state index is 12.3. The summed E-state index contributed by atoms with van der Waals surface area (Å²) in [4.78, 5) is 14.5. The molecule has 0 unspecified atom stereocenters. The molecular formula is C17H20N2O. The Morgan fingerprint density at radius 2 is 1.75 bits per heavy atom. The van der Waals surface area contributed by atoms with Crippen molar-refractivity contribution in [1.82, 2.24) is 9.47 Å². The van der Waals surface area contributed by atoms with Crippen LogP contribution >= 0.6 is 0 Å². The monoisotopic (exact) mass is 268 g/mol. The molecule has 0 spiro atoms. The lowest BCUT2D eigenvalue weighted by molar-refractivity contribution is 0.0933. The quantitative estimate of drug-likeness (QED) is 0.798. The summed E-state index contributed by atoms with van der Waals surface area (Å²) in [5.74, 6) is 0.219. The van der Waals surface area contributed by atoms with E-state index in [-0.39, 0.29) is 5.78 Å². The van der Waals surface area contributed by atoms with Crippen LogP contribution in [0.25, 0.3) is 0 Å². The first-order valence-corrected chi connectivity index (χ1v) is 7.17. The van der Waals surface area contributed by atoms with E-state index in [4.69, 9.17) is 0 Å². The Morgan fingerprint density at radius 3 is 2.30 bits per heavy atom. The third-order valence-corrected chi connectivity index (χ3v) is 4.03. The molecule has 104 valence electrons. The normalized spacial score (nSPS) is 15.7. The molecule has 3 rings (SSSR count). The van der Waals surface area contributed by atoms with Gasteiger partial charge in [0.05, 0.1) is 6.54 Å². The van der Waals surface area contributed by atoms with Crippen LogP contribution in [0, 0.1) is 0 Å². The van der Waals surface area contributed by atoms with E-state index in [0.717, 1.165) is 31.5 Å². The minimum absolute atomic E-state index is 0.219. The SMILES string of the molecule is Cn1ccc(C(=O)CN2CCc3ccccc3CC2)c1. The van der Waals surface area contributed by atoms with Crippen molar-refractivity contribution < 1.29 is 4.79 Å². The van der Waals surface area contributed by atoms with Gasteiger partial charge in [-0.15, -0.1) is 0 Å². The van der Waals surface area contributed by atoms with Crippen molar-refractivity contribution >= 4 is 5.78 Å². The number of aryl methyl sites for hydroxylation is 1. The standard InChI is InChI=1S/C17H20N2O/c1-18-9-6-16(12-18)17(20)13-19-10-7-14-4-2-3-5-15(14)8-11-19/h2-6,9,12H,7-8,10-11,13H2,1H3. The van der Waals surface area contributed by atoms with Gasteiger partial charge in [0.25, 0.3) is 0 Å². The predicted octanol–water partition coefficient (Wildman–Crippen LogP) is 2.31. The Morgan fingerprint density at radius 1 is 1.10 bits per heavy atom. The van der Waals surface area contributed by atoms with Gasteiger partial charge in [-0.2, -0.15) is 0 Å². The van der Waals surface area contributed by atoms with Crippen molar-refractivity contribution in [2.75, 3.05) is 19.6 Å². The summed E-state index contributed by atoms with van der Waals surface area (Å²) in [6, 6.07) is 10.5. The highest BCUT2D eigenvalue weighted by atomic mass is 16.1. The van der Waals surface area contributed by atoms with Crippen LogP contribution in [0.3, 0.4) is 0 Å². The van der Waals surface area contributed by atoms with Gasteiger partial charge in [0.2, 0.25) is 0 Å². The highest BCUT2D eigenvalue weighted by Crippen LogP contribution is 2.15. The van der Waals surface area contributed by atoms with E-state index < -0.39 is 0 Å². The Labute approximate surface area is 119 Å². The predicted molar refractivity (Wildman–Crippen MR) is 80.0 cm³/mol. The van der Waals surface area contributed by atoms with Crippen molar-refractivity contribution in [2.24, 2.45) is 7.05 Å². The molecule has 0 radical (unpaired) electrons. The summed E-state index contributed by atoms with van der Waals surface area (Å²) < 4.78 is 1.92. The average molecular weight is 268 g/mol. The molecule has 3 nitrogen and oxygen atoms in total. The van der Waals surface area contributed by atoms with Crippen molar-refractivity contribution in [1.29, 1.82) is 0 Å². The summed E-state index contributed by atoms with van der Waals surface area (Å²) in [6.45, 7) is 2.46. The molecule has 1 aromatic heterocycles. The van der Waals surface area contributed by atoms with E-state index in [9.17, 15) is 4.79 Å². The van der Waals surface area contributed by atoms with Gasteiger partial charge in [0.15, 0.2) is 5.78 Å². The van der Waals surface area contributed by atoms with E-state index in [0.29, 0.717) is 6.54 Å². The van der Waals surface area contributed by atoms with Crippen molar-refractivity contribution in [2.45, 2.75) is 12.8 Å². The smallest absolute Gasteiger partial charge is 0.178 e. The molecule has 3 heteroatoms. The van der Waals surface area contributed by atoms with E-state index in [1.165, 1.54) is 11.1 Å². The van der Waals surface area contributed by atoms with Crippen LogP contribution < -0.4 is 0 Å². The summed E-state index contributed by atoms with van der Waals surface area (Å²) in [5, 5.41) is 0. The molecule has 1 aromatic carbocycles. The maximum Gasteiger partial charge on any atom is 0.178 e. The fourth-order valence-electron chi connectivity index (χ4n) is 2.83. The number of hydrogen-bond acceptors (Lipinski definition) is 2. The van der Waals surface area contributed by atoms with E-state index in [2.05, 4.69) is 29.2 Å². The minimum Gasteiger partial charge on any atom is -0.357 e. The van der Waals surface area contributed by atoms with E-state index in [1.54, 1.807) is 0 Å². The number of nitrogens with zero attached hydrogens (tertiary/aromatic N) is 2. The zero-order chi connectivity index (χ0) is 13.9. The number of carbonyl (C=O) groups is 1. The Bertz CT molecular complexity index is 588. The lowest BCUT2D eigenvalue weighted by atomic mass is 10.0. The molecule has 0 saturated carbocycles. The molecule has 1 aliphatic rings. The van der Waals surface area contributed by atoms with Gasteiger partial charge in [0, 0.05) is 38.1 Å². The van der Waals surface area contributed by atoms with Gasteiger partial charge in [0.1, 0.15) is 0 Å². The largest absolute Gasteiger partial charge is 0.357 e. The lowest BCUT2D eigenvalue weighted by Crippen LogP contribution is -2.32. The molecule has 2 heterocycles. The summed E-state index contributed by atoms with van der Waals surface area (Å²) >= 11 is 0. The summed E-state index contributed by atoms with van der Waals surface area (Å²) in [7, 11) is 1.94. The summed E-state index contributed by atoms with van der Waals surface area (Å²) in [5.41, 5.74) is 3.68. The second-order valence-electron chi connectivity index (χ2n) is 5.53. The van der Waals surface area contributed by atoms with Crippen molar-refractivity contribution in [3.05, 3.63) is 59.4 Å². The average Bonchev–Trinajstić information content (AvgIpc) is 2.79. The second kappa shape index (κ2) is 5.63. The number of carbonyl (C=O) groups excluding carboxylic acids is 1. The number of hydrogen-bond donors (Lipinski definition) is 0. The second-order valence-corrected chi connectivity index (χ2v) is 5.53. The molecule has 0 amide bonds. The molecule has 0 saturated heterocycles. The molecule has 1 aliphatic heterocycles. The topological polar surface area (TPSA) is 25.2 Å². The van der Waals surface area contributed by atoms with E-state index in [1.807, 2.05) is 30.1 Å². The first kappa shape index (κ1) is 13.1. The Hall–Kier alpha value is -1.87. The molecule has 0 aliphatic carbocycles. The van der Waals surface area contributed by atoms with Crippen LogP contribution in [-0.2, 0) is 19.9 Å². The number of aromatic nitrogens is 1. The fourth-order valence-corrected chi connectivity index (χ4v) is 2.83. The van der Waals surface area contributed by atoms with Gasteiger partial charge in [-0.05, 0) is 30.0 Å². The van der Waals surface area contributed by atoms with Gasteiger partial charge in [-0.1, -0.05) is 24.3 Å². The highest BCUT2D eigenvalue weighted by Gasteiger charge is 2.17. The van der Waals surface area contributed by atoms with Crippen LogP contribution in [0.15, 0.2) is 42.7 Å². The van der Waals surface area contributed by atoms with Gasteiger partial charge in [-0.3, -0.25) is 9.69 Å². The van der Waals surface area contributed by atoms with Crippen LogP contribution in [0.2, 0.25) is 0 Å². The Kier molecular flexibility index (Phi) is 3.70. The molecule has 0 atom stereocenters. The number of rotatable bonds is 3. The number of Topliss-reactive ketones (excluding diaryl/α,β-unsaturated/α-hetero) is 1.